The molecule has 0 heterocycles. The maximum absolute atomic E-state index is 10.1. The van der Waals surface area contributed by atoms with Crippen molar-refractivity contribution in [2.24, 2.45) is 0 Å². The molecule has 3 nitrogen and oxygen atoms in total. The molecule has 4 heteroatoms. The first-order chi connectivity index (χ1) is 6.68. The summed E-state index contributed by atoms with van der Waals surface area (Å²) in [5, 5.41) is 16.0. The van der Waals surface area contributed by atoms with Crippen molar-refractivity contribution in [3.8, 4) is 0 Å². The quantitative estimate of drug-likeness (QED) is 0.741. The van der Waals surface area contributed by atoms with Crippen LogP contribution in [0.1, 0.15) is 5.56 Å². The van der Waals surface area contributed by atoms with Gasteiger partial charge in [0.05, 0.1) is 0 Å². The number of carboxylic acid groups (broad SMARTS) is 1. The van der Waals surface area contributed by atoms with Gasteiger partial charge in [0.1, 0.15) is 0 Å². The molecule has 0 aliphatic carbocycles. The zero-order valence-corrected chi connectivity index (χ0v) is 8.40. The highest BCUT2D eigenvalue weighted by Crippen LogP contribution is 2.10. The second-order valence-electron chi connectivity index (χ2n) is 2.22. The molecule has 0 aliphatic rings. The number of rotatable bonds is 2. The minimum Gasteiger partial charge on any atom is -0.478 e. The largest absolute Gasteiger partial charge is 0.478 e. The van der Waals surface area contributed by atoms with Crippen molar-refractivity contribution >= 4 is 23.6 Å². The Labute approximate surface area is 87.3 Å². The van der Waals surface area contributed by atoms with Crippen molar-refractivity contribution in [2.75, 3.05) is 7.11 Å². The van der Waals surface area contributed by atoms with E-state index in [0.717, 1.165) is 18.7 Å². The van der Waals surface area contributed by atoms with E-state index in [1.165, 1.54) is 6.08 Å². The highest BCUT2D eigenvalue weighted by molar-refractivity contribution is 6.30. The van der Waals surface area contributed by atoms with E-state index in [1.54, 1.807) is 24.3 Å². The van der Waals surface area contributed by atoms with Gasteiger partial charge in [-0.15, -0.1) is 0 Å². The second kappa shape index (κ2) is 7.12. The van der Waals surface area contributed by atoms with Gasteiger partial charge in [-0.05, 0) is 23.8 Å². The molecule has 0 atom stereocenters. The number of hydrogen-bond acceptors (Lipinski definition) is 2. The Bertz CT molecular complexity index is 304. The number of aliphatic carboxylic acids is 1. The molecule has 1 rings (SSSR count). The highest BCUT2D eigenvalue weighted by Gasteiger charge is 1.89. The SMILES string of the molecule is CO.O=C(O)C=Cc1ccc(Cl)cc1. The molecule has 76 valence electrons. The molecule has 0 fully saturated rings. The molecule has 2 N–H and O–H groups in total. The fraction of sp³-hybridized carbons (Fsp3) is 0.100. The minimum absolute atomic E-state index is 0.641. The fourth-order valence-electron chi connectivity index (χ4n) is 0.741. The number of halogens is 1. The van der Waals surface area contributed by atoms with Crippen molar-refractivity contribution < 1.29 is 15.0 Å². The highest BCUT2D eigenvalue weighted by atomic mass is 35.5. The number of aliphatic hydroxyl groups excluding tert-OH is 1. The average Bonchev–Trinajstić information content (AvgIpc) is 2.20. The summed E-state index contributed by atoms with van der Waals surface area (Å²) < 4.78 is 0. The summed E-state index contributed by atoms with van der Waals surface area (Å²) in [6, 6.07) is 6.93. The number of carboxylic acids is 1. The van der Waals surface area contributed by atoms with Crippen LogP contribution >= 0.6 is 11.6 Å². The lowest BCUT2D eigenvalue weighted by molar-refractivity contribution is -0.131. The predicted octanol–water partition coefficient (Wildman–Crippen LogP) is 2.05. The summed E-state index contributed by atoms with van der Waals surface area (Å²) in [5.74, 6) is -0.954. The monoisotopic (exact) mass is 214 g/mol. The van der Waals surface area contributed by atoms with Crippen molar-refractivity contribution in [1.29, 1.82) is 0 Å². The van der Waals surface area contributed by atoms with Crippen LogP contribution in [0.5, 0.6) is 0 Å². The van der Waals surface area contributed by atoms with E-state index >= 15 is 0 Å². The van der Waals surface area contributed by atoms with Crippen LogP contribution in [0.3, 0.4) is 0 Å². The zero-order valence-electron chi connectivity index (χ0n) is 7.64. The van der Waals surface area contributed by atoms with Crippen LogP contribution in [0.2, 0.25) is 5.02 Å². The topological polar surface area (TPSA) is 57.5 Å². The number of carbonyl (C=O) groups is 1. The summed E-state index contributed by atoms with van der Waals surface area (Å²) in [4.78, 5) is 10.1. The number of benzene rings is 1. The summed E-state index contributed by atoms with van der Waals surface area (Å²) >= 11 is 5.63. The molecule has 0 saturated heterocycles. The Hall–Kier alpha value is -1.32. The lowest BCUT2D eigenvalue weighted by atomic mass is 10.2. The van der Waals surface area contributed by atoms with Gasteiger partial charge in [0.25, 0.3) is 0 Å². The lowest BCUT2D eigenvalue weighted by Crippen LogP contribution is -1.85. The van der Waals surface area contributed by atoms with Crippen molar-refractivity contribution in [2.45, 2.75) is 0 Å². The number of hydrogen-bond donors (Lipinski definition) is 2. The zero-order chi connectivity index (χ0) is 11.0. The van der Waals surface area contributed by atoms with Gasteiger partial charge in [0.15, 0.2) is 0 Å². The Balaban J connectivity index is 0.000000791. The van der Waals surface area contributed by atoms with E-state index in [1.807, 2.05) is 0 Å². The van der Waals surface area contributed by atoms with Gasteiger partial charge in [-0.3, -0.25) is 0 Å². The molecule has 0 saturated carbocycles. The molecule has 1 aromatic rings. The Morgan fingerprint density at radius 1 is 1.29 bits per heavy atom. The van der Waals surface area contributed by atoms with Gasteiger partial charge >= 0.3 is 5.97 Å². The molecular weight excluding hydrogens is 204 g/mol. The van der Waals surface area contributed by atoms with E-state index in [-0.39, 0.29) is 0 Å². The standard InChI is InChI=1S/C9H7ClO2.CH4O/c10-8-4-1-7(2-5-8)3-6-9(11)12;1-2/h1-6H,(H,11,12);2H,1H3. The molecule has 0 amide bonds. The van der Waals surface area contributed by atoms with Crippen molar-refractivity contribution in [1.82, 2.24) is 0 Å². The Morgan fingerprint density at radius 2 is 1.79 bits per heavy atom. The normalized spacial score (nSPS) is 9.36. The third kappa shape index (κ3) is 5.35. The maximum Gasteiger partial charge on any atom is 0.328 e. The molecule has 0 bridgehead atoms. The second-order valence-corrected chi connectivity index (χ2v) is 2.66. The third-order valence-corrected chi connectivity index (χ3v) is 1.54. The van der Waals surface area contributed by atoms with Crippen LogP contribution in [0.25, 0.3) is 6.08 Å². The van der Waals surface area contributed by atoms with E-state index in [4.69, 9.17) is 21.8 Å². The van der Waals surface area contributed by atoms with E-state index < -0.39 is 5.97 Å². The molecule has 0 spiro atoms. The first-order valence-corrected chi connectivity index (χ1v) is 4.17. The van der Waals surface area contributed by atoms with E-state index in [2.05, 4.69) is 0 Å². The summed E-state index contributed by atoms with van der Waals surface area (Å²) in [6.07, 6.45) is 2.60. The first-order valence-electron chi connectivity index (χ1n) is 3.80. The van der Waals surface area contributed by atoms with Crippen LogP contribution in [-0.2, 0) is 4.79 Å². The van der Waals surface area contributed by atoms with Crippen LogP contribution in [0.15, 0.2) is 30.3 Å². The van der Waals surface area contributed by atoms with Gasteiger partial charge in [0, 0.05) is 18.2 Å². The molecule has 14 heavy (non-hydrogen) atoms. The Kier molecular flexibility index (Phi) is 6.45. The minimum atomic E-state index is -0.954. The lowest BCUT2D eigenvalue weighted by Gasteiger charge is -1.91. The van der Waals surface area contributed by atoms with Crippen LogP contribution in [0, 0.1) is 0 Å². The third-order valence-electron chi connectivity index (χ3n) is 1.29. The van der Waals surface area contributed by atoms with Gasteiger partial charge < -0.3 is 10.2 Å². The van der Waals surface area contributed by atoms with Crippen LogP contribution in [0.4, 0.5) is 0 Å². The van der Waals surface area contributed by atoms with Crippen molar-refractivity contribution in [3.63, 3.8) is 0 Å². The molecular formula is C10H11ClO3. The smallest absolute Gasteiger partial charge is 0.328 e. The number of aliphatic hydroxyl groups is 1. The van der Waals surface area contributed by atoms with Crippen molar-refractivity contribution in [3.05, 3.63) is 40.9 Å². The van der Waals surface area contributed by atoms with Gasteiger partial charge in [-0.2, -0.15) is 0 Å². The van der Waals surface area contributed by atoms with Gasteiger partial charge in [-0.1, -0.05) is 23.7 Å². The predicted molar refractivity (Wildman–Crippen MR) is 56.3 cm³/mol. The van der Waals surface area contributed by atoms with E-state index in [0.29, 0.717) is 5.02 Å². The first kappa shape index (κ1) is 12.7. The summed E-state index contributed by atoms with van der Waals surface area (Å²) in [7, 11) is 1.00. The maximum atomic E-state index is 10.1. The van der Waals surface area contributed by atoms with Crippen LogP contribution < -0.4 is 0 Å². The molecule has 0 radical (unpaired) electrons. The average molecular weight is 215 g/mol. The van der Waals surface area contributed by atoms with Crippen LogP contribution in [-0.4, -0.2) is 23.3 Å². The summed E-state index contributed by atoms with van der Waals surface area (Å²) in [5.41, 5.74) is 0.821. The van der Waals surface area contributed by atoms with E-state index in [9.17, 15) is 4.79 Å². The fourth-order valence-corrected chi connectivity index (χ4v) is 0.867. The van der Waals surface area contributed by atoms with Gasteiger partial charge in [-0.25, -0.2) is 4.79 Å². The molecule has 0 unspecified atom stereocenters. The van der Waals surface area contributed by atoms with Gasteiger partial charge in [0.2, 0.25) is 0 Å². The molecule has 0 aliphatic heterocycles. The summed E-state index contributed by atoms with van der Waals surface area (Å²) in [6.45, 7) is 0. The molecule has 1 aromatic carbocycles. The Morgan fingerprint density at radius 3 is 2.21 bits per heavy atom. The molecule has 0 aromatic heterocycles.